The first-order chi connectivity index (χ1) is 14.2. The number of hydrogen-bond donors (Lipinski definition) is 1. The Morgan fingerprint density at radius 2 is 2.10 bits per heavy atom. The first kappa shape index (κ1) is 23.4. The number of methoxy groups -OCH3 is 1. The molecule has 1 unspecified atom stereocenters. The minimum atomic E-state index is 0. The van der Waals surface area contributed by atoms with Crippen LogP contribution in [0.1, 0.15) is 51.0 Å². The van der Waals surface area contributed by atoms with E-state index >= 15 is 0 Å². The molecule has 2 aliphatic heterocycles. The van der Waals surface area contributed by atoms with Crippen LogP contribution in [0, 0.1) is 5.41 Å². The third-order valence-corrected chi connectivity index (χ3v) is 6.49. The molecule has 2 heterocycles. The second-order valence-corrected chi connectivity index (χ2v) is 8.65. The number of guanidine groups is 1. The Bertz CT molecular complexity index is 716. The fourth-order valence-corrected chi connectivity index (χ4v) is 4.78. The number of rotatable bonds is 6. The highest BCUT2D eigenvalue weighted by Gasteiger charge is 2.42. The predicted molar refractivity (Wildman–Crippen MR) is 130 cm³/mol. The molecule has 2 saturated heterocycles. The van der Waals surface area contributed by atoms with Crippen LogP contribution >= 0.6 is 24.0 Å². The fourth-order valence-electron chi connectivity index (χ4n) is 4.78. The van der Waals surface area contributed by atoms with Crippen LogP contribution in [0.4, 0.5) is 0 Å². The van der Waals surface area contributed by atoms with Crippen LogP contribution in [-0.2, 0) is 11.3 Å². The molecule has 1 spiro atoms. The summed E-state index contributed by atoms with van der Waals surface area (Å²) >= 11 is 0. The van der Waals surface area contributed by atoms with Crippen LogP contribution in [0.3, 0.4) is 0 Å². The molecule has 30 heavy (non-hydrogen) atoms. The van der Waals surface area contributed by atoms with E-state index in [0.717, 1.165) is 68.7 Å². The second-order valence-electron chi connectivity index (χ2n) is 8.65. The van der Waals surface area contributed by atoms with Gasteiger partial charge in [-0.1, -0.05) is 6.07 Å². The summed E-state index contributed by atoms with van der Waals surface area (Å²) in [6.07, 6.45) is 7.46. The van der Waals surface area contributed by atoms with Crippen molar-refractivity contribution in [2.24, 2.45) is 10.4 Å². The molecule has 1 aliphatic carbocycles. The van der Waals surface area contributed by atoms with Gasteiger partial charge in [0.05, 0.1) is 26.4 Å². The average molecular weight is 529 g/mol. The van der Waals surface area contributed by atoms with E-state index in [-0.39, 0.29) is 24.0 Å². The third kappa shape index (κ3) is 5.52. The minimum absolute atomic E-state index is 0. The average Bonchev–Trinajstić information content (AvgIpc) is 3.49. The standard InChI is InChI=1S/C23H35N3O3.HI/c1-3-24-22(26-12-10-23(16-26)11-13-28-17-23)25-15-18-8-9-20(27-2)21(14-18)29-19-6-4-5-7-19;/h8-9,14,19H,3-7,10-13,15-17H2,1-2H3,(H,24,25);1H. The second kappa shape index (κ2) is 10.9. The maximum Gasteiger partial charge on any atom is 0.194 e. The van der Waals surface area contributed by atoms with Gasteiger partial charge in [0.15, 0.2) is 17.5 Å². The molecule has 4 rings (SSSR count). The molecule has 6 nitrogen and oxygen atoms in total. The van der Waals surface area contributed by atoms with Crippen LogP contribution in [0.2, 0.25) is 0 Å². The summed E-state index contributed by atoms with van der Waals surface area (Å²) in [6, 6.07) is 6.19. The number of nitrogens with zero attached hydrogens (tertiary/aromatic N) is 2. The quantitative estimate of drug-likeness (QED) is 0.340. The van der Waals surface area contributed by atoms with Gasteiger partial charge in [-0.2, -0.15) is 0 Å². The van der Waals surface area contributed by atoms with Crippen molar-refractivity contribution in [3.05, 3.63) is 23.8 Å². The lowest BCUT2D eigenvalue weighted by molar-refractivity contribution is 0.156. The van der Waals surface area contributed by atoms with E-state index in [1.807, 2.05) is 6.07 Å². The summed E-state index contributed by atoms with van der Waals surface area (Å²) in [5.41, 5.74) is 1.48. The van der Waals surface area contributed by atoms with Crippen molar-refractivity contribution >= 4 is 29.9 Å². The van der Waals surface area contributed by atoms with E-state index < -0.39 is 0 Å². The number of likely N-dealkylation sites (tertiary alicyclic amines) is 1. The van der Waals surface area contributed by atoms with Crippen LogP contribution < -0.4 is 14.8 Å². The fraction of sp³-hybridized carbons (Fsp3) is 0.696. The summed E-state index contributed by atoms with van der Waals surface area (Å²) < 4.78 is 17.4. The van der Waals surface area contributed by atoms with Crippen molar-refractivity contribution in [2.45, 2.75) is 58.1 Å². The maximum atomic E-state index is 6.24. The lowest BCUT2D eigenvalue weighted by atomic mass is 9.87. The van der Waals surface area contributed by atoms with E-state index in [2.05, 4.69) is 29.3 Å². The highest BCUT2D eigenvalue weighted by atomic mass is 127. The summed E-state index contributed by atoms with van der Waals surface area (Å²) in [5.74, 6) is 2.66. The van der Waals surface area contributed by atoms with Crippen LogP contribution in [0.25, 0.3) is 0 Å². The zero-order valence-electron chi connectivity index (χ0n) is 18.3. The van der Waals surface area contributed by atoms with Crippen molar-refractivity contribution in [3.63, 3.8) is 0 Å². The molecule has 1 saturated carbocycles. The van der Waals surface area contributed by atoms with Gasteiger partial charge in [-0.05, 0) is 63.1 Å². The number of ether oxygens (including phenoxy) is 3. The highest BCUT2D eigenvalue weighted by molar-refractivity contribution is 14.0. The zero-order chi connectivity index (χ0) is 20.1. The van der Waals surface area contributed by atoms with E-state index in [0.29, 0.717) is 18.1 Å². The van der Waals surface area contributed by atoms with Gasteiger partial charge in [0.1, 0.15) is 0 Å². The molecule has 1 aromatic rings. The van der Waals surface area contributed by atoms with E-state index in [4.69, 9.17) is 19.2 Å². The van der Waals surface area contributed by atoms with Crippen LogP contribution in [-0.4, -0.2) is 56.9 Å². The monoisotopic (exact) mass is 529 g/mol. The molecule has 0 aromatic heterocycles. The lowest BCUT2D eigenvalue weighted by Gasteiger charge is -2.25. The van der Waals surface area contributed by atoms with Crippen molar-refractivity contribution in [2.75, 3.05) is 40.0 Å². The largest absolute Gasteiger partial charge is 0.493 e. The Hall–Kier alpha value is -1.22. The Morgan fingerprint density at radius 1 is 1.27 bits per heavy atom. The first-order valence-electron chi connectivity index (χ1n) is 11.2. The summed E-state index contributed by atoms with van der Waals surface area (Å²) in [6.45, 7) is 7.51. The predicted octanol–water partition coefficient (Wildman–Crippen LogP) is 4.21. The van der Waals surface area contributed by atoms with Crippen LogP contribution in [0.15, 0.2) is 23.2 Å². The zero-order valence-corrected chi connectivity index (χ0v) is 20.7. The van der Waals surface area contributed by atoms with Gasteiger partial charge in [0, 0.05) is 31.7 Å². The topological polar surface area (TPSA) is 55.3 Å². The number of benzene rings is 1. The highest BCUT2D eigenvalue weighted by Crippen LogP contribution is 2.38. The smallest absolute Gasteiger partial charge is 0.194 e. The van der Waals surface area contributed by atoms with Gasteiger partial charge in [-0.15, -0.1) is 24.0 Å². The molecule has 0 radical (unpaired) electrons. The minimum Gasteiger partial charge on any atom is -0.493 e. The van der Waals surface area contributed by atoms with E-state index in [1.54, 1.807) is 7.11 Å². The lowest BCUT2D eigenvalue weighted by Crippen LogP contribution is -2.41. The first-order valence-corrected chi connectivity index (χ1v) is 11.2. The van der Waals surface area contributed by atoms with Gasteiger partial charge in [-0.25, -0.2) is 4.99 Å². The molecule has 0 amide bonds. The molecule has 0 bridgehead atoms. The van der Waals surface area contributed by atoms with Gasteiger partial charge < -0.3 is 24.4 Å². The molecule has 168 valence electrons. The van der Waals surface area contributed by atoms with Crippen molar-refractivity contribution in [1.82, 2.24) is 10.2 Å². The van der Waals surface area contributed by atoms with Crippen molar-refractivity contribution in [3.8, 4) is 11.5 Å². The van der Waals surface area contributed by atoms with Crippen LogP contribution in [0.5, 0.6) is 11.5 Å². The van der Waals surface area contributed by atoms with Crippen molar-refractivity contribution in [1.29, 1.82) is 0 Å². The number of hydrogen-bond acceptors (Lipinski definition) is 4. The molecular formula is C23H36IN3O3. The summed E-state index contributed by atoms with van der Waals surface area (Å²) in [5, 5.41) is 3.48. The number of nitrogens with one attached hydrogen (secondary N) is 1. The normalized spacial score (nSPS) is 24.3. The molecule has 3 aliphatic rings. The van der Waals surface area contributed by atoms with Gasteiger partial charge >= 0.3 is 0 Å². The van der Waals surface area contributed by atoms with Gasteiger partial charge in [0.2, 0.25) is 0 Å². The Morgan fingerprint density at radius 3 is 2.80 bits per heavy atom. The van der Waals surface area contributed by atoms with Gasteiger partial charge in [0.25, 0.3) is 0 Å². The number of halogens is 1. The molecule has 7 heteroatoms. The SMILES string of the molecule is CCNC(=NCc1ccc(OC)c(OC2CCCC2)c1)N1CCC2(CCOC2)C1.I. The Labute approximate surface area is 197 Å². The summed E-state index contributed by atoms with van der Waals surface area (Å²) in [4.78, 5) is 7.34. The molecule has 1 aromatic carbocycles. The molecule has 1 atom stereocenters. The summed E-state index contributed by atoms with van der Waals surface area (Å²) in [7, 11) is 1.70. The number of aliphatic imine (C=N–C) groups is 1. The maximum absolute atomic E-state index is 6.24. The van der Waals surface area contributed by atoms with E-state index in [9.17, 15) is 0 Å². The Kier molecular flexibility index (Phi) is 8.51. The Balaban J connectivity index is 0.00000256. The molecule has 1 N–H and O–H groups in total. The van der Waals surface area contributed by atoms with Gasteiger partial charge in [-0.3, -0.25) is 0 Å². The van der Waals surface area contributed by atoms with E-state index in [1.165, 1.54) is 25.7 Å². The van der Waals surface area contributed by atoms with Crippen molar-refractivity contribution < 1.29 is 14.2 Å². The molecular weight excluding hydrogens is 493 g/mol. The third-order valence-electron chi connectivity index (χ3n) is 6.49. The molecule has 3 fully saturated rings.